The van der Waals surface area contributed by atoms with Crippen molar-refractivity contribution in [2.75, 3.05) is 13.1 Å². The molecular weight excluding hydrogens is 380 g/mol. The van der Waals surface area contributed by atoms with Gasteiger partial charge in [0.25, 0.3) is 0 Å². The van der Waals surface area contributed by atoms with Gasteiger partial charge in [-0.2, -0.15) is 0 Å². The van der Waals surface area contributed by atoms with Crippen LogP contribution in [0.1, 0.15) is 62.0 Å². The average molecular weight is 417 g/mol. The highest BCUT2D eigenvalue weighted by Gasteiger charge is 2.44. The molecule has 0 aromatic heterocycles. The molecule has 2 aliphatic carbocycles. The quantitative estimate of drug-likeness (QED) is 0.686. The second kappa shape index (κ2) is 9.56. The van der Waals surface area contributed by atoms with Crippen LogP contribution in [0.3, 0.4) is 0 Å². The summed E-state index contributed by atoms with van der Waals surface area (Å²) < 4.78 is 0. The van der Waals surface area contributed by atoms with Gasteiger partial charge in [0.1, 0.15) is 0 Å². The molecule has 31 heavy (non-hydrogen) atoms. The van der Waals surface area contributed by atoms with Crippen molar-refractivity contribution in [2.24, 2.45) is 17.8 Å². The Hall–Kier alpha value is -2.13. The number of nitrogens with one attached hydrogen (secondary N) is 1. The Morgan fingerprint density at radius 3 is 2.32 bits per heavy atom. The zero-order valence-electron chi connectivity index (χ0n) is 18.6. The fourth-order valence-electron chi connectivity index (χ4n) is 6.55. The topological polar surface area (TPSA) is 32.3 Å². The molecule has 0 radical (unpaired) electrons. The molecule has 1 saturated heterocycles. The van der Waals surface area contributed by atoms with E-state index in [4.69, 9.17) is 0 Å². The molecule has 3 fully saturated rings. The molecular formula is C28H36N2O. The number of carbonyl (C=O) groups excluding carboxylic acids is 1. The molecule has 2 aromatic rings. The summed E-state index contributed by atoms with van der Waals surface area (Å²) in [4.78, 5) is 16.2. The molecule has 4 atom stereocenters. The number of benzene rings is 2. The van der Waals surface area contributed by atoms with Gasteiger partial charge in [0.2, 0.25) is 5.91 Å². The fraction of sp³-hybridized carbons (Fsp3) is 0.536. The molecule has 1 unspecified atom stereocenters. The van der Waals surface area contributed by atoms with Crippen LogP contribution in [-0.4, -0.2) is 29.9 Å². The van der Waals surface area contributed by atoms with Gasteiger partial charge in [0, 0.05) is 25.7 Å². The third-order valence-electron chi connectivity index (χ3n) is 8.07. The lowest BCUT2D eigenvalue weighted by Crippen LogP contribution is -2.43. The Bertz CT molecular complexity index is 846. The number of amides is 1. The van der Waals surface area contributed by atoms with E-state index in [0.29, 0.717) is 17.9 Å². The Labute approximate surface area is 187 Å². The van der Waals surface area contributed by atoms with Crippen molar-refractivity contribution in [3.8, 4) is 0 Å². The Kier molecular flexibility index (Phi) is 6.40. The SMILES string of the molecule is O=C(N[C@@H]1CC[C@H]2CN(Cc3ccccc3)C[C@H]21)C(c1ccccc1)C1CCCCC1. The zero-order valence-corrected chi connectivity index (χ0v) is 18.6. The minimum absolute atomic E-state index is 0.0161. The van der Waals surface area contributed by atoms with Crippen molar-refractivity contribution in [1.29, 1.82) is 0 Å². The lowest BCUT2D eigenvalue weighted by atomic mass is 9.76. The average Bonchev–Trinajstić information content (AvgIpc) is 3.37. The lowest BCUT2D eigenvalue weighted by Gasteiger charge is -2.32. The first kappa shape index (κ1) is 20.8. The van der Waals surface area contributed by atoms with E-state index in [1.54, 1.807) is 0 Å². The zero-order chi connectivity index (χ0) is 21.0. The molecule has 5 rings (SSSR count). The van der Waals surface area contributed by atoms with Crippen LogP contribution in [0.2, 0.25) is 0 Å². The highest BCUT2D eigenvalue weighted by molar-refractivity contribution is 5.84. The maximum absolute atomic E-state index is 13.6. The van der Waals surface area contributed by atoms with E-state index in [0.717, 1.165) is 25.4 Å². The van der Waals surface area contributed by atoms with Crippen molar-refractivity contribution >= 4 is 5.91 Å². The molecule has 0 spiro atoms. The molecule has 1 heterocycles. The predicted octanol–water partition coefficient (Wildman–Crippen LogP) is 5.38. The summed E-state index contributed by atoms with van der Waals surface area (Å²) >= 11 is 0. The summed E-state index contributed by atoms with van der Waals surface area (Å²) in [5.41, 5.74) is 2.60. The van der Waals surface area contributed by atoms with Gasteiger partial charge in [-0.3, -0.25) is 9.69 Å². The van der Waals surface area contributed by atoms with Crippen LogP contribution in [0.5, 0.6) is 0 Å². The van der Waals surface area contributed by atoms with Crippen LogP contribution in [0.25, 0.3) is 0 Å². The van der Waals surface area contributed by atoms with Crippen LogP contribution in [-0.2, 0) is 11.3 Å². The van der Waals surface area contributed by atoms with Crippen LogP contribution in [0, 0.1) is 17.8 Å². The van der Waals surface area contributed by atoms with Gasteiger partial charge < -0.3 is 5.32 Å². The normalized spacial score (nSPS) is 27.7. The van der Waals surface area contributed by atoms with Gasteiger partial charge in [-0.1, -0.05) is 79.9 Å². The van der Waals surface area contributed by atoms with Crippen LogP contribution >= 0.6 is 0 Å². The second-order valence-electron chi connectivity index (χ2n) is 10.1. The van der Waals surface area contributed by atoms with Crippen molar-refractivity contribution in [3.63, 3.8) is 0 Å². The lowest BCUT2D eigenvalue weighted by molar-refractivity contribution is -0.125. The summed E-state index contributed by atoms with van der Waals surface area (Å²) in [6, 6.07) is 21.7. The minimum atomic E-state index is 0.0161. The van der Waals surface area contributed by atoms with Crippen LogP contribution < -0.4 is 5.32 Å². The summed E-state index contributed by atoms with van der Waals surface area (Å²) in [7, 11) is 0. The fourth-order valence-corrected chi connectivity index (χ4v) is 6.55. The first-order valence-electron chi connectivity index (χ1n) is 12.4. The van der Waals surface area contributed by atoms with E-state index >= 15 is 0 Å². The molecule has 1 N–H and O–H groups in total. The number of rotatable bonds is 6. The van der Waals surface area contributed by atoms with Crippen molar-refractivity contribution in [3.05, 3.63) is 71.8 Å². The molecule has 1 amide bonds. The van der Waals surface area contributed by atoms with E-state index in [1.807, 2.05) is 0 Å². The third-order valence-corrected chi connectivity index (χ3v) is 8.07. The number of hydrogen-bond donors (Lipinski definition) is 1. The van der Waals surface area contributed by atoms with Crippen LogP contribution in [0.15, 0.2) is 60.7 Å². The number of nitrogens with zero attached hydrogens (tertiary/aromatic N) is 1. The van der Waals surface area contributed by atoms with Gasteiger partial charge in [-0.15, -0.1) is 0 Å². The van der Waals surface area contributed by atoms with E-state index in [-0.39, 0.29) is 11.8 Å². The maximum atomic E-state index is 13.6. The molecule has 1 aliphatic heterocycles. The smallest absolute Gasteiger partial charge is 0.228 e. The second-order valence-corrected chi connectivity index (χ2v) is 10.1. The Balaban J connectivity index is 1.25. The van der Waals surface area contributed by atoms with Gasteiger partial charge in [0.05, 0.1) is 5.92 Å². The van der Waals surface area contributed by atoms with E-state index < -0.39 is 0 Å². The van der Waals surface area contributed by atoms with E-state index in [2.05, 4.69) is 70.9 Å². The molecule has 3 nitrogen and oxygen atoms in total. The monoisotopic (exact) mass is 416 g/mol. The number of fused-ring (bicyclic) bond motifs is 1. The Morgan fingerprint density at radius 1 is 0.871 bits per heavy atom. The first-order chi connectivity index (χ1) is 15.3. The molecule has 164 valence electrons. The Morgan fingerprint density at radius 2 is 1.58 bits per heavy atom. The van der Waals surface area contributed by atoms with Crippen molar-refractivity contribution < 1.29 is 4.79 Å². The summed E-state index contributed by atoms with van der Waals surface area (Å²) in [5.74, 6) is 2.13. The van der Waals surface area contributed by atoms with E-state index in [1.165, 1.54) is 56.2 Å². The molecule has 2 saturated carbocycles. The first-order valence-corrected chi connectivity index (χ1v) is 12.4. The van der Waals surface area contributed by atoms with Crippen LogP contribution in [0.4, 0.5) is 0 Å². The predicted molar refractivity (Wildman–Crippen MR) is 126 cm³/mol. The molecule has 2 aromatic carbocycles. The summed E-state index contributed by atoms with van der Waals surface area (Å²) in [6.07, 6.45) is 8.63. The summed E-state index contributed by atoms with van der Waals surface area (Å²) in [6.45, 7) is 3.32. The van der Waals surface area contributed by atoms with Gasteiger partial charge >= 0.3 is 0 Å². The largest absolute Gasteiger partial charge is 0.352 e. The minimum Gasteiger partial charge on any atom is -0.352 e. The number of carbonyl (C=O) groups is 1. The van der Waals surface area contributed by atoms with Gasteiger partial charge in [0.15, 0.2) is 0 Å². The van der Waals surface area contributed by atoms with Crippen molar-refractivity contribution in [1.82, 2.24) is 10.2 Å². The highest BCUT2D eigenvalue weighted by atomic mass is 16.2. The molecule has 3 heteroatoms. The van der Waals surface area contributed by atoms with Crippen molar-refractivity contribution in [2.45, 2.75) is 63.5 Å². The third kappa shape index (κ3) is 4.72. The molecule has 0 bridgehead atoms. The highest BCUT2D eigenvalue weighted by Crippen LogP contribution is 2.40. The number of hydrogen-bond acceptors (Lipinski definition) is 2. The molecule has 3 aliphatic rings. The summed E-state index contributed by atoms with van der Waals surface area (Å²) in [5, 5.41) is 3.56. The van der Waals surface area contributed by atoms with Gasteiger partial charge in [-0.05, 0) is 54.6 Å². The number of likely N-dealkylation sites (tertiary alicyclic amines) is 1. The van der Waals surface area contributed by atoms with E-state index in [9.17, 15) is 4.79 Å². The van der Waals surface area contributed by atoms with Gasteiger partial charge in [-0.25, -0.2) is 0 Å². The standard InChI is InChI=1S/C28H36N2O/c31-28(27(22-12-6-2-7-13-22)23-14-8-3-9-15-23)29-26-17-16-24-19-30(20-25(24)26)18-21-10-4-1-5-11-21/h1-2,4-7,10-13,23-27H,3,8-9,14-20H2,(H,29,31)/t24-,25+,26+,27?/m0/s1. The maximum Gasteiger partial charge on any atom is 0.228 e.